The Labute approximate surface area is 148 Å². The number of carbonyl (C=O) groups excluding carboxylic acids is 2. The monoisotopic (exact) mass is 344 g/mol. The highest BCUT2D eigenvalue weighted by atomic mass is 16.5. The number of rotatable bonds is 3. The van der Waals surface area contributed by atoms with Gasteiger partial charge < -0.3 is 19.3 Å². The van der Waals surface area contributed by atoms with Crippen LogP contribution in [0, 0.1) is 0 Å². The molecule has 0 saturated carbocycles. The Morgan fingerprint density at radius 2 is 1.92 bits per heavy atom. The molecule has 0 N–H and O–H groups in total. The molecule has 0 radical (unpaired) electrons. The molecule has 1 aromatic rings. The molecule has 2 aliphatic rings. The van der Waals surface area contributed by atoms with Gasteiger partial charge in [-0.1, -0.05) is 12.1 Å². The Hall–Kier alpha value is -2.50. The third-order valence-electron chi connectivity index (χ3n) is 4.51. The van der Waals surface area contributed by atoms with E-state index >= 15 is 0 Å². The fourth-order valence-corrected chi connectivity index (χ4v) is 3.21. The fourth-order valence-electron chi connectivity index (χ4n) is 3.21. The van der Waals surface area contributed by atoms with Gasteiger partial charge in [0.2, 0.25) is 5.91 Å². The van der Waals surface area contributed by atoms with Crippen LogP contribution in [0.3, 0.4) is 0 Å². The Kier molecular flexibility index (Phi) is 5.26. The summed E-state index contributed by atoms with van der Waals surface area (Å²) in [6, 6.07) is 5.69. The molecular formula is C19H24N2O4. The largest absolute Gasteiger partial charge is 0.490 e. The van der Waals surface area contributed by atoms with Crippen LogP contribution in [0.2, 0.25) is 0 Å². The van der Waals surface area contributed by atoms with Crippen LogP contribution in [0.4, 0.5) is 0 Å². The molecule has 1 saturated heterocycles. The van der Waals surface area contributed by atoms with Crippen LogP contribution in [-0.2, 0) is 9.59 Å². The molecule has 1 fully saturated rings. The van der Waals surface area contributed by atoms with E-state index in [0.29, 0.717) is 49.9 Å². The molecule has 0 aromatic heterocycles. The minimum Gasteiger partial charge on any atom is -0.490 e. The van der Waals surface area contributed by atoms with Gasteiger partial charge in [-0.15, -0.1) is 0 Å². The smallest absolute Gasteiger partial charge is 0.253 e. The second-order valence-electron chi connectivity index (χ2n) is 6.22. The molecule has 134 valence electrons. The number of fused-ring (bicyclic) bond motifs is 1. The minimum absolute atomic E-state index is 0.0159. The van der Waals surface area contributed by atoms with E-state index in [9.17, 15) is 9.59 Å². The highest BCUT2D eigenvalue weighted by Gasteiger charge is 2.26. The number of carbonyl (C=O) groups is 2. The van der Waals surface area contributed by atoms with Crippen LogP contribution in [0.1, 0.15) is 25.8 Å². The van der Waals surface area contributed by atoms with Gasteiger partial charge >= 0.3 is 0 Å². The minimum atomic E-state index is -0.0159. The molecule has 25 heavy (non-hydrogen) atoms. The molecule has 6 heteroatoms. The number of nitrogens with zero attached hydrogens (tertiary/aromatic N) is 2. The van der Waals surface area contributed by atoms with E-state index < -0.39 is 0 Å². The summed E-state index contributed by atoms with van der Waals surface area (Å²) in [7, 11) is 0. The van der Waals surface area contributed by atoms with Gasteiger partial charge in [-0.2, -0.15) is 0 Å². The molecule has 0 bridgehead atoms. The van der Waals surface area contributed by atoms with E-state index in [0.717, 1.165) is 12.0 Å². The predicted molar refractivity (Wildman–Crippen MR) is 94.5 cm³/mol. The lowest BCUT2D eigenvalue weighted by Gasteiger charge is -2.25. The third kappa shape index (κ3) is 3.78. The zero-order chi connectivity index (χ0) is 17.8. The average Bonchev–Trinajstić information content (AvgIpc) is 2.87. The van der Waals surface area contributed by atoms with Gasteiger partial charge in [-0.05, 0) is 25.5 Å². The zero-order valence-corrected chi connectivity index (χ0v) is 14.8. The molecule has 0 atom stereocenters. The number of hydrogen-bond acceptors (Lipinski definition) is 4. The molecule has 2 heterocycles. The number of hydrogen-bond donors (Lipinski definition) is 0. The van der Waals surface area contributed by atoms with Crippen molar-refractivity contribution in [3.8, 4) is 11.5 Å². The van der Waals surface area contributed by atoms with Crippen molar-refractivity contribution in [3.05, 3.63) is 29.3 Å². The van der Waals surface area contributed by atoms with E-state index in [2.05, 4.69) is 0 Å². The van der Waals surface area contributed by atoms with Crippen LogP contribution in [0.5, 0.6) is 11.5 Å². The lowest BCUT2D eigenvalue weighted by atomic mass is 10.1. The first-order chi connectivity index (χ1) is 12.1. The Morgan fingerprint density at radius 3 is 2.68 bits per heavy atom. The molecule has 0 unspecified atom stereocenters. The molecular weight excluding hydrogens is 320 g/mol. The van der Waals surface area contributed by atoms with Crippen LogP contribution in [-0.4, -0.2) is 61.0 Å². The number of amides is 2. The number of ether oxygens (including phenoxy) is 2. The summed E-state index contributed by atoms with van der Waals surface area (Å²) in [5.74, 6) is 1.44. The fraction of sp³-hybridized carbons (Fsp3) is 0.474. The molecule has 3 rings (SSSR count). The van der Waals surface area contributed by atoms with Crippen LogP contribution in [0.15, 0.2) is 23.8 Å². The van der Waals surface area contributed by atoms with Crippen LogP contribution >= 0.6 is 0 Å². The van der Waals surface area contributed by atoms with Gasteiger partial charge in [0.1, 0.15) is 6.61 Å². The topological polar surface area (TPSA) is 59.1 Å². The summed E-state index contributed by atoms with van der Waals surface area (Å²) in [5.41, 5.74) is 1.50. The van der Waals surface area contributed by atoms with E-state index in [1.165, 1.54) is 0 Å². The van der Waals surface area contributed by atoms with Gasteiger partial charge in [0.05, 0.1) is 12.2 Å². The lowest BCUT2D eigenvalue weighted by molar-refractivity contribution is -0.130. The zero-order valence-electron chi connectivity index (χ0n) is 14.8. The molecule has 1 aromatic carbocycles. The van der Waals surface area contributed by atoms with Crippen molar-refractivity contribution in [1.29, 1.82) is 0 Å². The summed E-state index contributed by atoms with van der Waals surface area (Å²) in [6.45, 7) is 6.81. The first-order valence-electron chi connectivity index (χ1n) is 8.74. The quantitative estimate of drug-likeness (QED) is 0.841. The van der Waals surface area contributed by atoms with E-state index in [1.54, 1.807) is 11.8 Å². The van der Waals surface area contributed by atoms with Gasteiger partial charge in [0.15, 0.2) is 11.5 Å². The summed E-state index contributed by atoms with van der Waals surface area (Å²) in [5, 5.41) is 0. The van der Waals surface area contributed by atoms with Crippen molar-refractivity contribution in [2.75, 3.05) is 39.4 Å². The predicted octanol–water partition coefficient (Wildman–Crippen LogP) is 1.94. The highest BCUT2D eigenvalue weighted by molar-refractivity contribution is 5.99. The summed E-state index contributed by atoms with van der Waals surface area (Å²) >= 11 is 0. The van der Waals surface area contributed by atoms with Crippen molar-refractivity contribution < 1.29 is 19.1 Å². The van der Waals surface area contributed by atoms with Crippen molar-refractivity contribution in [2.24, 2.45) is 0 Å². The summed E-state index contributed by atoms with van der Waals surface area (Å²) in [6.07, 6.45) is 2.68. The van der Waals surface area contributed by atoms with Crippen molar-refractivity contribution in [3.63, 3.8) is 0 Å². The highest BCUT2D eigenvalue weighted by Crippen LogP contribution is 2.36. The van der Waals surface area contributed by atoms with E-state index in [4.69, 9.17) is 9.47 Å². The van der Waals surface area contributed by atoms with Crippen LogP contribution < -0.4 is 9.47 Å². The Bertz CT molecular complexity index is 699. The van der Waals surface area contributed by atoms with Gasteiger partial charge in [-0.3, -0.25) is 9.59 Å². The van der Waals surface area contributed by atoms with Crippen LogP contribution in [0.25, 0.3) is 6.08 Å². The van der Waals surface area contributed by atoms with Crippen molar-refractivity contribution in [2.45, 2.75) is 20.3 Å². The first-order valence-corrected chi connectivity index (χ1v) is 8.74. The van der Waals surface area contributed by atoms with Gasteiger partial charge in [-0.25, -0.2) is 0 Å². The Morgan fingerprint density at radius 1 is 1.16 bits per heavy atom. The summed E-state index contributed by atoms with van der Waals surface area (Å²) < 4.78 is 11.4. The lowest BCUT2D eigenvalue weighted by Crippen LogP contribution is -2.38. The second kappa shape index (κ2) is 7.59. The van der Waals surface area contributed by atoms with Gasteiger partial charge in [0.25, 0.3) is 5.91 Å². The van der Waals surface area contributed by atoms with E-state index in [1.807, 2.05) is 36.1 Å². The Balaban J connectivity index is 1.75. The normalized spacial score (nSPS) is 17.1. The first kappa shape index (κ1) is 17.3. The average molecular weight is 344 g/mol. The molecule has 2 aliphatic heterocycles. The standard InChI is InChI=1S/C19H24N2O4/c1-3-24-17-7-4-6-15-12-16(13-25-18(15)17)19(23)21-9-5-8-20(10-11-21)14(2)22/h4,6-7,12H,3,5,8-11,13H2,1-2H3. The number of para-hydroxylation sites is 1. The summed E-state index contributed by atoms with van der Waals surface area (Å²) in [4.78, 5) is 28.0. The van der Waals surface area contributed by atoms with Crippen molar-refractivity contribution in [1.82, 2.24) is 9.80 Å². The van der Waals surface area contributed by atoms with Gasteiger partial charge in [0, 0.05) is 38.7 Å². The maximum atomic E-state index is 12.8. The molecule has 0 aliphatic carbocycles. The SMILES string of the molecule is CCOc1cccc2c1OCC(C(=O)N1CCCN(C(C)=O)CC1)=C2. The second-order valence-corrected chi connectivity index (χ2v) is 6.22. The third-order valence-corrected chi connectivity index (χ3v) is 4.51. The van der Waals surface area contributed by atoms with Crippen molar-refractivity contribution >= 4 is 17.9 Å². The molecule has 2 amide bonds. The maximum absolute atomic E-state index is 12.8. The number of benzene rings is 1. The molecule has 6 nitrogen and oxygen atoms in total. The van der Waals surface area contributed by atoms with E-state index in [-0.39, 0.29) is 18.4 Å². The molecule has 0 spiro atoms. The maximum Gasteiger partial charge on any atom is 0.253 e.